The Labute approximate surface area is 125 Å². The molecular formula is C17H23ClFN. The number of benzene rings is 1. The van der Waals surface area contributed by atoms with Crippen molar-refractivity contribution < 1.29 is 4.39 Å². The average molecular weight is 296 g/mol. The highest BCUT2D eigenvalue weighted by atomic mass is 35.5. The second-order valence-electron chi connectivity index (χ2n) is 6.44. The molecule has 3 rings (SSSR count). The minimum Gasteiger partial charge on any atom is -0.310 e. The summed E-state index contributed by atoms with van der Waals surface area (Å²) in [5.74, 6) is 2.13. The van der Waals surface area contributed by atoms with Gasteiger partial charge in [0, 0.05) is 11.1 Å². The van der Waals surface area contributed by atoms with Crippen molar-refractivity contribution in [1.29, 1.82) is 0 Å². The maximum absolute atomic E-state index is 13.6. The average Bonchev–Trinajstić information content (AvgIpc) is 3.05. The van der Waals surface area contributed by atoms with Gasteiger partial charge < -0.3 is 5.32 Å². The molecule has 110 valence electrons. The number of rotatable bonds is 5. The molecule has 0 heterocycles. The number of hydrogen-bond acceptors (Lipinski definition) is 1. The lowest BCUT2D eigenvalue weighted by molar-refractivity contribution is 0.250. The molecule has 0 aliphatic heterocycles. The predicted octanol–water partition coefficient (Wildman–Crippen LogP) is 4.96. The summed E-state index contributed by atoms with van der Waals surface area (Å²) in [4.78, 5) is 0. The maximum atomic E-state index is 13.6. The zero-order valence-electron chi connectivity index (χ0n) is 12.0. The van der Waals surface area contributed by atoms with Crippen LogP contribution >= 0.6 is 11.6 Å². The van der Waals surface area contributed by atoms with Crippen LogP contribution in [0.2, 0.25) is 5.02 Å². The largest absolute Gasteiger partial charge is 0.310 e. The van der Waals surface area contributed by atoms with Gasteiger partial charge in [-0.3, -0.25) is 0 Å². The van der Waals surface area contributed by atoms with E-state index in [-0.39, 0.29) is 11.9 Å². The van der Waals surface area contributed by atoms with E-state index in [1.54, 1.807) is 12.1 Å². The zero-order chi connectivity index (χ0) is 14.1. The van der Waals surface area contributed by atoms with E-state index in [1.165, 1.54) is 31.7 Å². The van der Waals surface area contributed by atoms with Gasteiger partial charge in [-0.1, -0.05) is 24.9 Å². The van der Waals surface area contributed by atoms with E-state index >= 15 is 0 Å². The summed E-state index contributed by atoms with van der Waals surface area (Å²) in [5, 5.41) is 4.33. The molecule has 4 atom stereocenters. The van der Waals surface area contributed by atoms with Crippen molar-refractivity contribution in [3.8, 4) is 0 Å². The fourth-order valence-corrected chi connectivity index (χ4v) is 4.48. The predicted molar refractivity (Wildman–Crippen MR) is 81.4 cm³/mol. The smallest absolute Gasteiger partial charge is 0.123 e. The van der Waals surface area contributed by atoms with E-state index in [4.69, 9.17) is 11.6 Å². The Balaban J connectivity index is 1.87. The van der Waals surface area contributed by atoms with Crippen LogP contribution in [0.1, 0.15) is 50.6 Å². The molecule has 1 nitrogen and oxygen atoms in total. The molecule has 1 aromatic rings. The van der Waals surface area contributed by atoms with Crippen molar-refractivity contribution >= 4 is 11.6 Å². The summed E-state index contributed by atoms with van der Waals surface area (Å²) >= 11 is 6.34. The van der Waals surface area contributed by atoms with Crippen molar-refractivity contribution in [3.63, 3.8) is 0 Å². The maximum Gasteiger partial charge on any atom is 0.123 e. The lowest BCUT2D eigenvalue weighted by atomic mass is 9.80. The van der Waals surface area contributed by atoms with Crippen molar-refractivity contribution in [2.45, 2.75) is 45.1 Å². The molecule has 4 unspecified atom stereocenters. The third-order valence-electron chi connectivity index (χ3n) is 5.13. The van der Waals surface area contributed by atoms with Gasteiger partial charge in [-0.05, 0) is 73.7 Å². The molecule has 0 radical (unpaired) electrons. The molecule has 1 aromatic carbocycles. The molecule has 2 aliphatic rings. The summed E-state index contributed by atoms with van der Waals surface area (Å²) in [7, 11) is 0. The molecule has 2 fully saturated rings. The van der Waals surface area contributed by atoms with E-state index in [9.17, 15) is 4.39 Å². The number of hydrogen-bond donors (Lipinski definition) is 1. The quantitative estimate of drug-likeness (QED) is 0.810. The van der Waals surface area contributed by atoms with Crippen LogP contribution in [0.5, 0.6) is 0 Å². The first-order chi connectivity index (χ1) is 9.69. The summed E-state index contributed by atoms with van der Waals surface area (Å²) < 4.78 is 13.6. The van der Waals surface area contributed by atoms with Crippen LogP contribution in [0.3, 0.4) is 0 Å². The minimum atomic E-state index is -0.184. The summed E-state index contributed by atoms with van der Waals surface area (Å²) in [5.41, 5.74) is 0.956. The SMILES string of the molecule is CCCNC(c1cc(F)ccc1Cl)C1CC2CCC1C2. The van der Waals surface area contributed by atoms with Gasteiger partial charge >= 0.3 is 0 Å². The Hall–Kier alpha value is -0.600. The monoisotopic (exact) mass is 295 g/mol. The van der Waals surface area contributed by atoms with Crippen molar-refractivity contribution in [3.05, 3.63) is 34.6 Å². The fourth-order valence-electron chi connectivity index (χ4n) is 4.25. The normalized spacial score (nSPS) is 29.9. The van der Waals surface area contributed by atoms with E-state index in [0.29, 0.717) is 10.9 Å². The lowest BCUT2D eigenvalue weighted by Gasteiger charge is -2.32. The molecule has 0 amide bonds. The highest BCUT2D eigenvalue weighted by Crippen LogP contribution is 2.53. The molecular weight excluding hydrogens is 273 g/mol. The van der Waals surface area contributed by atoms with Crippen LogP contribution in [0.25, 0.3) is 0 Å². The van der Waals surface area contributed by atoms with Crippen molar-refractivity contribution in [2.75, 3.05) is 6.54 Å². The van der Waals surface area contributed by atoms with Crippen LogP contribution in [0.15, 0.2) is 18.2 Å². The van der Waals surface area contributed by atoms with Crippen LogP contribution in [0, 0.1) is 23.6 Å². The topological polar surface area (TPSA) is 12.0 Å². The summed E-state index contributed by atoms with van der Waals surface area (Å²) in [6.07, 6.45) is 6.45. The number of fused-ring (bicyclic) bond motifs is 2. The Morgan fingerprint density at radius 1 is 1.35 bits per heavy atom. The molecule has 0 saturated heterocycles. The minimum absolute atomic E-state index is 0.184. The highest BCUT2D eigenvalue weighted by Gasteiger charge is 2.43. The second kappa shape index (κ2) is 6.03. The van der Waals surface area contributed by atoms with E-state index in [0.717, 1.165) is 30.4 Å². The fraction of sp³-hybridized carbons (Fsp3) is 0.647. The zero-order valence-corrected chi connectivity index (χ0v) is 12.8. The van der Waals surface area contributed by atoms with Crippen LogP contribution in [0.4, 0.5) is 4.39 Å². The van der Waals surface area contributed by atoms with Gasteiger partial charge in [0.1, 0.15) is 5.82 Å². The Kier molecular flexibility index (Phi) is 4.32. The Morgan fingerprint density at radius 3 is 2.85 bits per heavy atom. The van der Waals surface area contributed by atoms with E-state index in [2.05, 4.69) is 12.2 Å². The molecule has 2 bridgehead atoms. The number of nitrogens with one attached hydrogen (secondary N) is 1. The van der Waals surface area contributed by atoms with Gasteiger partial charge in [-0.15, -0.1) is 0 Å². The first-order valence-corrected chi connectivity index (χ1v) is 8.25. The molecule has 2 aliphatic carbocycles. The third-order valence-corrected chi connectivity index (χ3v) is 5.47. The van der Waals surface area contributed by atoms with Gasteiger partial charge in [0.25, 0.3) is 0 Å². The molecule has 0 aromatic heterocycles. The molecule has 20 heavy (non-hydrogen) atoms. The van der Waals surface area contributed by atoms with Gasteiger partial charge in [0.2, 0.25) is 0 Å². The Bertz CT molecular complexity index is 476. The van der Waals surface area contributed by atoms with Gasteiger partial charge in [0.05, 0.1) is 0 Å². The van der Waals surface area contributed by atoms with Crippen LogP contribution in [-0.4, -0.2) is 6.54 Å². The molecule has 3 heteroatoms. The highest BCUT2D eigenvalue weighted by molar-refractivity contribution is 6.31. The van der Waals surface area contributed by atoms with Gasteiger partial charge in [-0.25, -0.2) is 4.39 Å². The van der Waals surface area contributed by atoms with Crippen LogP contribution < -0.4 is 5.32 Å². The third kappa shape index (κ3) is 2.73. The second-order valence-corrected chi connectivity index (χ2v) is 6.84. The first kappa shape index (κ1) is 14.3. The summed E-state index contributed by atoms with van der Waals surface area (Å²) in [6.45, 7) is 3.13. The van der Waals surface area contributed by atoms with E-state index < -0.39 is 0 Å². The standard InChI is InChI=1S/C17H23ClFN/c1-2-7-20-17(14-9-11-3-4-12(14)8-11)15-10-13(19)5-6-16(15)18/h5-6,10-12,14,17,20H,2-4,7-9H2,1H3. The first-order valence-electron chi connectivity index (χ1n) is 7.87. The summed E-state index contributed by atoms with van der Waals surface area (Å²) in [6, 6.07) is 4.99. The van der Waals surface area contributed by atoms with Gasteiger partial charge in [0.15, 0.2) is 0 Å². The van der Waals surface area contributed by atoms with E-state index in [1.807, 2.05) is 0 Å². The molecule has 2 saturated carbocycles. The van der Waals surface area contributed by atoms with Crippen molar-refractivity contribution in [2.24, 2.45) is 17.8 Å². The lowest BCUT2D eigenvalue weighted by Crippen LogP contribution is -2.32. The van der Waals surface area contributed by atoms with Crippen LogP contribution in [-0.2, 0) is 0 Å². The van der Waals surface area contributed by atoms with Gasteiger partial charge in [-0.2, -0.15) is 0 Å². The Morgan fingerprint density at radius 2 is 2.20 bits per heavy atom. The molecule has 0 spiro atoms. The van der Waals surface area contributed by atoms with Crippen molar-refractivity contribution in [1.82, 2.24) is 5.32 Å². The number of halogens is 2. The molecule has 1 N–H and O–H groups in total.